The molecule has 2 rings (SSSR count). The van der Waals surface area contributed by atoms with Gasteiger partial charge in [0, 0.05) is 24.7 Å². The van der Waals surface area contributed by atoms with Crippen molar-refractivity contribution >= 4 is 21.6 Å². The fourth-order valence-electron chi connectivity index (χ4n) is 2.09. The van der Waals surface area contributed by atoms with Crippen molar-refractivity contribution in [3.05, 3.63) is 23.8 Å². The Morgan fingerprint density at radius 3 is 2.90 bits per heavy atom. The smallest absolute Gasteiger partial charge is 0.238 e. The molecular weight excluding hydrogens is 294 g/mol. The summed E-state index contributed by atoms with van der Waals surface area (Å²) in [6.45, 7) is 3.64. The highest BCUT2D eigenvalue weighted by Gasteiger charge is 2.18. The maximum Gasteiger partial charge on any atom is 0.238 e. The summed E-state index contributed by atoms with van der Waals surface area (Å²) >= 11 is 0. The number of amides is 1. The number of nitrogens with two attached hydrogens (primary N) is 1. The number of sulfonamides is 1. The van der Waals surface area contributed by atoms with Crippen LogP contribution in [0, 0.1) is 6.92 Å². The predicted molar refractivity (Wildman–Crippen MR) is 78.4 cm³/mol. The zero-order valence-electron chi connectivity index (χ0n) is 11.8. The first kappa shape index (κ1) is 15.9. The van der Waals surface area contributed by atoms with Crippen molar-refractivity contribution in [2.45, 2.75) is 24.3 Å². The summed E-state index contributed by atoms with van der Waals surface area (Å²) in [5.74, 6) is -0.201. The number of hydrogen-bond donors (Lipinski definition) is 3. The Kier molecular flexibility index (Phi) is 4.94. The van der Waals surface area contributed by atoms with Gasteiger partial charge in [-0.3, -0.25) is 4.79 Å². The SMILES string of the molecule is Cc1ccc(S(N)(=O)=O)cc1NC(=O)CC1COCCN1. The minimum absolute atomic E-state index is 0.0254. The normalized spacial score (nSPS) is 19.2. The highest BCUT2D eigenvalue weighted by molar-refractivity contribution is 7.89. The van der Waals surface area contributed by atoms with Gasteiger partial charge in [-0.1, -0.05) is 6.07 Å². The Labute approximate surface area is 123 Å². The molecule has 21 heavy (non-hydrogen) atoms. The van der Waals surface area contributed by atoms with E-state index in [2.05, 4.69) is 10.6 Å². The Balaban J connectivity index is 2.06. The van der Waals surface area contributed by atoms with Gasteiger partial charge in [0.25, 0.3) is 0 Å². The molecule has 1 fully saturated rings. The fraction of sp³-hybridized carbons (Fsp3) is 0.462. The minimum atomic E-state index is -3.79. The molecule has 4 N–H and O–H groups in total. The lowest BCUT2D eigenvalue weighted by Gasteiger charge is -2.23. The lowest BCUT2D eigenvalue weighted by Crippen LogP contribution is -2.43. The number of primary sulfonamides is 1. The number of rotatable bonds is 4. The van der Waals surface area contributed by atoms with Crippen LogP contribution in [0.1, 0.15) is 12.0 Å². The summed E-state index contributed by atoms with van der Waals surface area (Å²) in [4.78, 5) is 12.0. The minimum Gasteiger partial charge on any atom is -0.378 e. The summed E-state index contributed by atoms with van der Waals surface area (Å²) in [5.41, 5.74) is 1.21. The molecule has 0 bridgehead atoms. The van der Waals surface area contributed by atoms with E-state index < -0.39 is 10.0 Å². The molecule has 0 saturated carbocycles. The molecule has 1 aliphatic rings. The zero-order valence-corrected chi connectivity index (χ0v) is 12.6. The molecule has 1 aliphatic heterocycles. The fourth-order valence-corrected chi connectivity index (χ4v) is 2.63. The second-order valence-electron chi connectivity index (χ2n) is 5.00. The van der Waals surface area contributed by atoms with E-state index in [9.17, 15) is 13.2 Å². The Hall–Kier alpha value is -1.48. The van der Waals surface area contributed by atoms with Crippen molar-refractivity contribution in [2.75, 3.05) is 25.1 Å². The number of nitrogens with one attached hydrogen (secondary N) is 2. The van der Waals surface area contributed by atoms with Gasteiger partial charge in [-0.05, 0) is 24.6 Å². The van der Waals surface area contributed by atoms with Gasteiger partial charge in [0.05, 0.1) is 18.1 Å². The molecule has 0 radical (unpaired) electrons. The first-order valence-electron chi connectivity index (χ1n) is 6.60. The van der Waals surface area contributed by atoms with Crippen LogP contribution in [0.25, 0.3) is 0 Å². The van der Waals surface area contributed by atoms with E-state index in [0.29, 0.717) is 18.9 Å². The van der Waals surface area contributed by atoms with Gasteiger partial charge < -0.3 is 15.4 Å². The van der Waals surface area contributed by atoms with Gasteiger partial charge in [0.1, 0.15) is 0 Å². The molecule has 1 heterocycles. The molecule has 1 atom stereocenters. The molecule has 0 aliphatic carbocycles. The predicted octanol–water partition coefficient (Wildman–Crippen LogP) is -0.0406. The standard InChI is InChI=1S/C13H19N3O4S/c1-9-2-3-11(21(14,18)19)7-12(9)16-13(17)6-10-8-20-5-4-15-10/h2-3,7,10,15H,4-6,8H2,1H3,(H,16,17)(H2,14,18,19). The summed E-state index contributed by atoms with van der Waals surface area (Å²) in [6, 6.07) is 4.36. The van der Waals surface area contributed by atoms with Crippen LogP contribution in [0.3, 0.4) is 0 Å². The average molecular weight is 313 g/mol. The lowest BCUT2D eigenvalue weighted by molar-refractivity contribution is -0.117. The molecule has 0 spiro atoms. The van der Waals surface area contributed by atoms with E-state index in [4.69, 9.17) is 9.88 Å². The van der Waals surface area contributed by atoms with Gasteiger partial charge in [-0.15, -0.1) is 0 Å². The van der Waals surface area contributed by atoms with Crippen molar-refractivity contribution in [1.82, 2.24) is 5.32 Å². The molecular formula is C13H19N3O4S. The number of hydrogen-bond acceptors (Lipinski definition) is 5. The van der Waals surface area contributed by atoms with Crippen LogP contribution in [-0.2, 0) is 19.6 Å². The van der Waals surface area contributed by atoms with Crippen molar-refractivity contribution in [3.63, 3.8) is 0 Å². The van der Waals surface area contributed by atoms with E-state index in [1.807, 2.05) is 0 Å². The van der Waals surface area contributed by atoms with Crippen LogP contribution in [0.4, 0.5) is 5.69 Å². The van der Waals surface area contributed by atoms with Crippen molar-refractivity contribution in [1.29, 1.82) is 0 Å². The second-order valence-corrected chi connectivity index (χ2v) is 6.56. The van der Waals surface area contributed by atoms with Crippen LogP contribution >= 0.6 is 0 Å². The van der Waals surface area contributed by atoms with Gasteiger partial charge in [0.2, 0.25) is 15.9 Å². The third-order valence-corrected chi connectivity index (χ3v) is 4.15. The average Bonchev–Trinajstić information content (AvgIpc) is 2.41. The molecule has 1 amide bonds. The highest BCUT2D eigenvalue weighted by Crippen LogP contribution is 2.19. The Bertz CT molecular complexity index is 624. The van der Waals surface area contributed by atoms with Crippen molar-refractivity contribution in [2.24, 2.45) is 5.14 Å². The van der Waals surface area contributed by atoms with Crippen LogP contribution < -0.4 is 15.8 Å². The number of anilines is 1. The first-order valence-corrected chi connectivity index (χ1v) is 8.15. The van der Waals surface area contributed by atoms with Crippen molar-refractivity contribution in [3.8, 4) is 0 Å². The zero-order chi connectivity index (χ0) is 15.5. The number of aryl methyl sites for hydroxylation is 1. The Morgan fingerprint density at radius 1 is 1.52 bits per heavy atom. The van der Waals surface area contributed by atoms with E-state index in [1.54, 1.807) is 13.0 Å². The van der Waals surface area contributed by atoms with E-state index in [-0.39, 0.29) is 23.3 Å². The van der Waals surface area contributed by atoms with Gasteiger partial charge >= 0.3 is 0 Å². The summed E-state index contributed by atoms with van der Waals surface area (Å²) in [7, 11) is -3.79. The van der Waals surface area contributed by atoms with E-state index >= 15 is 0 Å². The monoisotopic (exact) mass is 313 g/mol. The number of carbonyl (C=O) groups is 1. The topological polar surface area (TPSA) is 111 Å². The maximum atomic E-state index is 12.0. The summed E-state index contributed by atoms with van der Waals surface area (Å²) in [6.07, 6.45) is 0.263. The maximum absolute atomic E-state index is 12.0. The molecule has 1 saturated heterocycles. The molecule has 116 valence electrons. The summed E-state index contributed by atoms with van der Waals surface area (Å²) in [5, 5.41) is 11.0. The van der Waals surface area contributed by atoms with Crippen molar-refractivity contribution < 1.29 is 17.9 Å². The molecule has 1 unspecified atom stereocenters. The molecule has 1 aromatic carbocycles. The number of ether oxygens (including phenoxy) is 1. The number of carbonyl (C=O) groups excluding carboxylic acids is 1. The van der Waals surface area contributed by atoms with E-state index in [0.717, 1.165) is 12.1 Å². The third kappa shape index (κ3) is 4.50. The van der Waals surface area contributed by atoms with Crippen LogP contribution in [-0.4, -0.2) is 40.1 Å². The first-order chi connectivity index (χ1) is 9.86. The summed E-state index contributed by atoms with van der Waals surface area (Å²) < 4.78 is 28.0. The Morgan fingerprint density at radius 2 is 2.29 bits per heavy atom. The highest BCUT2D eigenvalue weighted by atomic mass is 32.2. The molecule has 1 aromatic rings. The quantitative estimate of drug-likeness (QED) is 0.722. The van der Waals surface area contributed by atoms with Gasteiger partial charge in [0.15, 0.2) is 0 Å². The number of morpholine rings is 1. The second kappa shape index (κ2) is 6.52. The van der Waals surface area contributed by atoms with E-state index in [1.165, 1.54) is 12.1 Å². The largest absolute Gasteiger partial charge is 0.378 e. The van der Waals surface area contributed by atoms with Crippen LogP contribution in [0.2, 0.25) is 0 Å². The third-order valence-electron chi connectivity index (χ3n) is 3.24. The van der Waals surface area contributed by atoms with Gasteiger partial charge in [-0.2, -0.15) is 0 Å². The van der Waals surface area contributed by atoms with Crippen LogP contribution in [0.15, 0.2) is 23.1 Å². The molecule has 0 aromatic heterocycles. The lowest BCUT2D eigenvalue weighted by atomic mass is 10.1. The molecule has 8 heteroatoms. The van der Waals surface area contributed by atoms with Crippen LogP contribution in [0.5, 0.6) is 0 Å². The number of benzene rings is 1. The van der Waals surface area contributed by atoms with Gasteiger partial charge in [-0.25, -0.2) is 13.6 Å². The molecule has 7 nitrogen and oxygen atoms in total.